The van der Waals surface area contributed by atoms with Gasteiger partial charge in [0, 0.05) is 9.90 Å². The van der Waals surface area contributed by atoms with Crippen molar-refractivity contribution >= 4 is 45.2 Å². The normalized spacial score (nSPS) is 17.2. The number of halogens is 1. The van der Waals surface area contributed by atoms with Crippen molar-refractivity contribution in [2.24, 2.45) is 16.4 Å². The number of aromatic nitrogens is 2. The van der Waals surface area contributed by atoms with Crippen LogP contribution in [-0.2, 0) is 12.8 Å². The number of nitrogens with one attached hydrogen (secondary N) is 1. The van der Waals surface area contributed by atoms with E-state index in [1.165, 1.54) is 23.3 Å². The summed E-state index contributed by atoms with van der Waals surface area (Å²) in [6.07, 6.45) is 8.09. The first-order valence-electron chi connectivity index (χ1n) is 9.78. The predicted molar refractivity (Wildman–Crippen MR) is 120 cm³/mol. The van der Waals surface area contributed by atoms with Crippen LogP contribution < -0.4 is 5.43 Å². The molecule has 0 radical (unpaired) electrons. The highest BCUT2D eigenvalue weighted by Crippen LogP contribution is 2.45. The van der Waals surface area contributed by atoms with Crippen molar-refractivity contribution in [1.82, 2.24) is 9.97 Å². The highest BCUT2D eigenvalue weighted by molar-refractivity contribution is 7.19. The zero-order chi connectivity index (χ0) is 19.7. The first-order chi connectivity index (χ1) is 13.5. The third kappa shape index (κ3) is 3.78. The Bertz CT molecular complexity index is 1010. The average Bonchev–Trinajstić information content (AvgIpc) is 3.08. The number of thiophene rings is 1. The highest BCUT2D eigenvalue weighted by Gasteiger charge is 2.33. The van der Waals surface area contributed by atoms with Crippen LogP contribution in [0.3, 0.4) is 0 Å². The van der Waals surface area contributed by atoms with E-state index in [9.17, 15) is 0 Å². The molecular weight excluding hydrogens is 388 g/mol. The molecule has 28 heavy (non-hydrogen) atoms. The molecule has 4 rings (SSSR count). The van der Waals surface area contributed by atoms with Crippen molar-refractivity contribution in [3.8, 4) is 0 Å². The standard InChI is InChI=1S/C22H25ClN4S/c1-4-22(2,3)15-7-10-18-17(11-15)19-20(24-13-25-21(19)28-18)27-26-12-14-5-8-16(23)9-6-14/h5-6,8-9,12-13,15H,4,7,10-11H2,1-3H3,(H,24,25,27). The summed E-state index contributed by atoms with van der Waals surface area (Å²) in [5, 5.41) is 6.27. The molecule has 4 nitrogen and oxygen atoms in total. The smallest absolute Gasteiger partial charge is 0.158 e. The van der Waals surface area contributed by atoms with Gasteiger partial charge < -0.3 is 0 Å². The minimum absolute atomic E-state index is 0.349. The third-order valence-corrected chi connectivity index (χ3v) is 7.56. The molecule has 6 heteroatoms. The van der Waals surface area contributed by atoms with E-state index in [0.29, 0.717) is 11.3 Å². The molecule has 1 aromatic carbocycles. The number of fused-ring (bicyclic) bond motifs is 3. The zero-order valence-electron chi connectivity index (χ0n) is 16.5. The van der Waals surface area contributed by atoms with Crippen molar-refractivity contribution < 1.29 is 0 Å². The van der Waals surface area contributed by atoms with Crippen LogP contribution in [-0.4, -0.2) is 16.2 Å². The van der Waals surface area contributed by atoms with Crippen LogP contribution in [0, 0.1) is 11.3 Å². The Morgan fingerprint density at radius 1 is 1.29 bits per heavy atom. The number of hydrogen-bond acceptors (Lipinski definition) is 5. The monoisotopic (exact) mass is 412 g/mol. The summed E-state index contributed by atoms with van der Waals surface area (Å²) in [5.74, 6) is 1.48. The number of benzene rings is 1. The SMILES string of the molecule is CCC(C)(C)C1CCc2sc3ncnc(NN=Cc4ccc(Cl)cc4)c3c2C1. The van der Waals surface area contributed by atoms with E-state index in [1.54, 1.807) is 12.5 Å². The van der Waals surface area contributed by atoms with E-state index >= 15 is 0 Å². The third-order valence-electron chi connectivity index (χ3n) is 6.11. The fourth-order valence-electron chi connectivity index (χ4n) is 3.87. The molecule has 0 spiro atoms. The minimum atomic E-state index is 0.349. The van der Waals surface area contributed by atoms with E-state index < -0.39 is 0 Å². The largest absolute Gasteiger partial charge is 0.261 e. The summed E-state index contributed by atoms with van der Waals surface area (Å²) in [7, 11) is 0. The van der Waals surface area contributed by atoms with E-state index in [4.69, 9.17) is 11.6 Å². The van der Waals surface area contributed by atoms with Crippen molar-refractivity contribution in [2.45, 2.75) is 46.5 Å². The van der Waals surface area contributed by atoms with Gasteiger partial charge in [0.15, 0.2) is 5.82 Å². The van der Waals surface area contributed by atoms with Gasteiger partial charge in [-0.25, -0.2) is 9.97 Å². The van der Waals surface area contributed by atoms with Gasteiger partial charge in [0.2, 0.25) is 0 Å². The maximum Gasteiger partial charge on any atom is 0.158 e. The molecule has 146 valence electrons. The number of aryl methyl sites for hydroxylation is 1. The lowest BCUT2D eigenvalue weighted by atomic mass is 9.69. The summed E-state index contributed by atoms with van der Waals surface area (Å²) in [5.41, 5.74) is 5.90. The van der Waals surface area contributed by atoms with Crippen LogP contribution in [0.25, 0.3) is 10.2 Å². The molecule has 1 N–H and O–H groups in total. The first kappa shape index (κ1) is 19.3. The van der Waals surface area contributed by atoms with Crippen LogP contribution in [0.5, 0.6) is 0 Å². The second-order valence-corrected chi connectivity index (χ2v) is 9.63. The number of nitrogens with zero attached hydrogens (tertiary/aromatic N) is 3. The Kier molecular flexibility index (Phi) is 5.39. The van der Waals surface area contributed by atoms with Crippen molar-refractivity contribution in [2.75, 3.05) is 5.43 Å². The Hall–Kier alpha value is -1.98. The molecule has 1 unspecified atom stereocenters. The first-order valence-corrected chi connectivity index (χ1v) is 11.0. The number of rotatable bonds is 5. The lowest BCUT2D eigenvalue weighted by Crippen LogP contribution is -2.28. The van der Waals surface area contributed by atoms with Gasteiger partial charge in [-0.3, -0.25) is 5.43 Å². The second kappa shape index (κ2) is 7.80. The van der Waals surface area contributed by atoms with Gasteiger partial charge in [-0.2, -0.15) is 5.10 Å². The van der Waals surface area contributed by atoms with Gasteiger partial charge in [0.1, 0.15) is 11.2 Å². The molecule has 1 aliphatic rings. The second-order valence-electron chi connectivity index (χ2n) is 8.11. The fraction of sp³-hybridized carbons (Fsp3) is 0.409. The van der Waals surface area contributed by atoms with E-state index in [2.05, 4.69) is 41.3 Å². The lowest BCUT2D eigenvalue weighted by molar-refractivity contribution is 0.184. The lowest BCUT2D eigenvalue weighted by Gasteiger charge is -2.36. The Labute approximate surface area is 175 Å². The van der Waals surface area contributed by atoms with Crippen molar-refractivity contribution in [1.29, 1.82) is 0 Å². The summed E-state index contributed by atoms with van der Waals surface area (Å²) >= 11 is 7.75. The summed E-state index contributed by atoms with van der Waals surface area (Å²) in [6, 6.07) is 7.59. The molecular formula is C22H25ClN4S. The van der Waals surface area contributed by atoms with Gasteiger partial charge in [-0.1, -0.05) is 50.9 Å². The predicted octanol–water partition coefficient (Wildman–Crippen LogP) is 6.33. The van der Waals surface area contributed by atoms with E-state index in [0.717, 1.165) is 39.5 Å². The summed E-state index contributed by atoms with van der Waals surface area (Å²) in [6.45, 7) is 7.08. The van der Waals surface area contributed by atoms with Crippen molar-refractivity contribution in [3.05, 3.63) is 51.6 Å². The van der Waals surface area contributed by atoms with Gasteiger partial charge in [0.25, 0.3) is 0 Å². The molecule has 0 bridgehead atoms. The van der Waals surface area contributed by atoms with Gasteiger partial charge >= 0.3 is 0 Å². The van der Waals surface area contributed by atoms with Gasteiger partial charge in [0.05, 0.1) is 11.6 Å². The maximum atomic E-state index is 5.94. The average molecular weight is 413 g/mol. The molecule has 2 aromatic heterocycles. The summed E-state index contributed by atoms with van der Waals surface area (Å²) < 4.78 is 0. The Morgan fingerprint density at radius 3 is 2.82 bits per heavy atom. The van der Waals surface area contributed by atoms with E-state index in [1.807, 2.05) is 35.6 Å². The zero-order valence-corrected chi connectivity index (χ0v) is 18.1. The van der Waals surface area contributed by atoms with E-state index in [-0.39, 0.29) is 0 Å². The van der Waals surface area contributed by atoms with Gasteiger partial charge in [-0.05, 0) is 53.9 Å². The molecule has 0 amide bonds. The molecule has 2 heterocycles. The molecule has 1 aliphatic carbocycles. The maximum absolute atomic E-state index is 5.94. The molecule has 3 aromatic rings. The number of anilines is 1. The minimum Gasteiger partial charge on any atom is -0.261 e. The van der Waals surface area contributed by atoms with Crippen LogP contribution >= 0.6 is 22.9 Å². The fourth-order valence-corrected chi connectivity index (χ4v) is 5.18. The molecule has 1 atom stereocenters. The van der Waals surface area contributed by atoms with Crippen molar-refractivity contribution in [3.63, 3.8) is 0 Å². The topological polar surface area (TPSA) is 50.2 Å². The van der Waals surface area contributed by atoms with Crippen LogP contribution in [0.15, 0.2) is 35.7 Å². The van der Waals surface area contributed by atoms with Crippen LogP contribution in [0.2, 0.25) is 5.02 Å². The molecule has 0 saturated carbocycles. The molecule has 0 saturated heterocycles. The van der Waals surface area contributed by atoms with Gasteiger partial charge in [-0.15, -0.1) is 11.3 Å². The summed E-state index contributed by atoms with van der Waals surface area (Å²) in [4.78, 5) is 11.5. The molecule has 0 fully saturated rings. The number of hydrazone groups is 1. The quantitative estimate of drug-likeness (QED) is 0.393. The van der Waals surface area contributed by atoms with Crippen LogP contribution in [0.4, 0.5) is 5.82 Å². The Morgan fingerprint density at radius 2 is 2.07 bits per heavy atom. The Balaban J connectivity index is 1.63. The van der Waals surface area contributed by atoms with Crippen LogP contribution in [0.1, 0.15) is 49.6 Å². The highest BCUT2D eigenvalue weighted by atomic mass is 35.5. The number of hydrogen-bond donors (Lipinski definition) is 1. The molecule has 0 aliphatic heterocycles.